The molecule has 7 nitrogen and oxygen atoms in total. The Morgan fingerprint density at radius 3 is 2.45 bits per heavy atom. The molecule has 0 N–H and O–H groups in total. The van der Waals surface area contributed by atoms with E-state index in [-0.39, 0.29) is 11.5 Å². The molecule has 0 unspecified atom stereocenters. The van der Waals surface area contributed by atoms with Gasteiger partial charge in [0.2, 0.25) is 5.82 Å². The summed E-state index contributed by atoms with van der Waals surface area (Å²) in [6, 6.07) is 16.4. The minimum atomic E-state index is -3.50. The van der Waals surface area contributed by atoms with Gasteiger partial charge in [0.25, 0.3) is 0 Å². The first kappa shape index (κ1) is 23.1. The Kier molecular flexibility index (Phi) is 6.58. The number of benzene rings is 2. The van der Waals surface area contributed by atoms with Crippen LogP contribution in [0.2, 0.25) is 5.02 Å². The van der Waals surface area contributed by atoms with Gasteiger partial charge in [-0.15, -0.1) is 10.2 Å². The molecule has 4 aromatic rings. The molecule has 2 heterocycles. The van der Waals surface area contributed by atoms with Crippen LogP contribution in [-0.2, 0) is 22.0 Å². The average Bonchev–Trinajstić information content (AvgIpc) is 3.38. The van der Waals surface area contributed by atoms with Crippen molar-refractivity contribution in [2.45, 2.75) is 26.0 Å². The SMILES string of the molecule is COc1cccc(C)c1-n1c(CS(=O)(=O)CCc2ccc(Cl)cc2)nnc1-c1ccc(C)o1. The van der Waals surface area contributed by atoms with Crippen LogP contribution in [-0.4, -0.2) is 36.0 Å². The monoisotopic (exact) mass is 485 g/mol. The predicted octanol–water partition coefficient (Wildman–Crippen LogP) is 4.96. The van der Waals surface area contributed by atoms with Crippen molar-refractivity contribution >= 4 is 21.4 Å². The zero-order valence-corrected chi connectivity index (χ0v) is 20.2. The van der Waals surface area contributed by atoms with Crippen molar-refractivity contribution in [3.63, 3.8) is 0 Å². The normalized spacial score (nSPS) is 11.6. The van der Waals surface area contributed by atoms with Crippen molar-refractivity contribution in [1.29, 1.82) is 0 Å². The number of furan rings is 1. The molecule has 0 spiro atoms. The van der Waals surface area contributed by atoms with Gasteiger partial charge in [-0.25, -0.2) is 8.42 Å². The molecule has 9 heteroatoms. The molecule has 2 aromatic heterocycles. The zero-order chi connectivity index (χ0) is 23.6. The molecular formula is C24H24ClN3O4S. The van der Waals surface area contributed by atoms with Crippen LogP contribution in [0.4, 0.5) is 0 Å². The van der Waals surface area contributed by atoms with Crippen LogP contribution in [0.5, 0.6) is 5.75 Å². The lowest BCUT2D eigenvalue weighted by Crippen LogP contribution is -2.16. The van der Waals surface area contributed by atoms with Gasteiger partial charge in [-0.2, -0.15) is 0 Å². The lowest BCUT2D eigenvalue weighted by Gasteiger charge is -2.16. The van der Waals surface area contributed by atoms with Gasteiger partial charge in [-0.1, -0.05) is 35.9 Å². The van der Waals surface area contributed by atoms with Crippen LogP contribution in [0.25, 0.3) is 17.3 Å². The number of ether oxygens (including phenoxy) is 1. The highest BCUT2D eigenvalue weighted by molar-refractivity contribution is 7.90. The van der Waals surface area contributed by atoms with Gasteiger partial charge >= 0.3 is 0 Å². The maximum atomic E-state index is 13.1. The Hall–Kier alpha value is -3.10. The number of hydrogen-bond donors (Lipinski definition) is 0. The van der Waals surface area contributed by atoms with E-state index < -0.39 is 9.84 Å². The van der Waals surface area contributed by atoms with Gasteiger partial charge in [0.15, 0.2) is 21.4 Å². The van der Waals surface area contributed by atoms with Crippen LogP contribution < -0.4 is 4.74 Å². The van der Waals surface area contributed by atoms with Gasteiger partial charge in [-0.05, 0) is 61.7 Å². The molecule has 33 heavy (non-hydrogen) atoms. The Labute approximate surface area is 197 Å². The third-order valence-corrected chi connectivity index (χ3v) is 7.08. The molecule has 172 valence electrons. The Morgan fingerprint density at radius 1 is 1.03 bits per heavy atom. The number of para-hydroxylation sites is 1. The summed E-state index contributed by atoms with van der Waals surface area (Å²) in [4.78, 5) is 0. The fourth-order valence-corrected chi connectivity index (χ4v) is 5.03. The summed E-state index contributed by atoms with van der Waals surface area (Å²) in [5.41, 5.74) is 2.47. The quantitative estimate of drug-likeness (QED) is 0.350. The molecule has 0 aliphatic heterocycles. The molecule has 0 saturated carbocycles. The fourth-order valence-electron chi connectivity index (χ4n) is 3.64. The van der Waals surface area contributed by atoms with Gasteiger partial charge in [0.05, 0.1) is 18.6 Å². The van der Waals surface area contributed by atoms with Gasteiger partial charge in [0.1, 0.15) is 17.3 Å². The highest BCUT2D eigenvalue weighted by Gasteiger charge is 2.25. The van der Waals surface area contributed by atoms with Crippen LogP contribution in [0, 0.1) is 13.8 Å². The number of rotatable bonds is 8. The third-order valence-electron chi connectivity index (χ3n) is 5.30. The average molecular weight is 486 g/mol. The van der Waals surface area contributed by atoms with E-state index in [1.54, 1.807) is 29.9 Å². The second kappa shape index (κ2) is 9.41. The second-order valence-electron chi connectivity index (χ2n) is 7.78. The number of methoxy groups -OCH3 is 1. The number of aromatic nitrogens is 3. The lowest BCUT2D eigenvalue weighted by atomic mass is 10.1. The standard InChI is InChI=1S/C24H24ClN3O4S/c1-16-5-4-6-20(31-3)23(16)28-22(26-27-24(28)21-12-7-17(2)32-21)15-33(29,30)14-13-18-8-10-19(25)11-9-18/h4-12H,13-15H2,1-3H3. The Bertz CT molecular complexity index is 1380. The van der Waals surface area contributed by atoms with E-state index in [1.165, 1.54) is 0 Å². The zero-order valence-electron chi connectivity index (χ0n) is 18.6. The fraction of sp³-hybridized carbons (Fsp3) is 0.250. The topological polar surface area (TPSA) is 87.2 Å². The van der Waals surface area contributed by atoms with Crippen LogP contribution in [0.1, 0.15) is 22.7 Å². The molecule has 0 aliphatic carbocycles. The number of sulfone groups is 1. The molecule has 0 bridgehead atoms. The smallest absolute Gasteiger partial charge is 0.204 e. The largest absolute Gasteiger partial charge is 0.495 e. The molecular weight excluding hydrogens is 462 g/mol. The first-order valence-electron chi connectivity index (χ1n) is 10.4. The summed E-state index contributed by atoms with van der Waals surface area (Å²) in [6.07, 6.45) is 0.381. The van der Waals surface area contributed by atoms with E-state index in [1.807, 2.05) is 50.2 Å². The summed E-state index contributed by atoms with van der Waals surface area (Å²) in [5, 5.41) is 9.15. The maximum absolute atomic E-state index is 13.1. The van der Waals surface area contributed by atoms with Crippen molar-refractivity contribution < 1.29 is 17.6 Å². The molecule has 0 fully saturated rings. The lowest BCUT2D eigenvalue weighted by molar-refractivity contribution is 0.412. The van der Waals surface area contributed by atoms with Crippen molar-refractivity contribution in [3.05, 3.63) is 82.3 Å². The van der Waals surface area contributed by atoms with Crippen molar-refractivity contribution in [2.75, 3.05) is 12.9 Å². The van der Waals surface area contributed by atoms with Gasteiger partial charge in [-0.3, -0.25) is 4.57 Å². The number of hydrogen-bond acceptors (Lipinski definition) is 6. The highest BCUT2D eigenvalue weighted by Crippen LogP contribution is 2.33. The summed E-state index contributed by atoms with van der Waals surface area (Å²) in [7, 11) is -1.93. The van der Waals surface area contributed by atoms with E-state index in [4.69, 9.17) is 20.8 Å². The molecule has 0 amide bonds. The summed E-state index contributed by atoms with van der Waals surface area (Å²) < 4.78 is 39.2. The van der Waals surface area contributed by atoms with E-state index in [0.29, 0.717) is 46.0 Å². The Morgan fingerprint density at radius 2 is 1.79 bits per heavy atom. The minimum absolute atomic E-state index is 0.0262. The molecule has 0 saturated heterocycles. The van der Waals surface area contributed by atoms with E-state index in [9.17, 15) is 8.42 Å². The molecule has 0 radical (unpaired) electrons. The number of halogens is 1. The Balaban J connectivity index is 1.73. The van der Waals surface area contributed by atoms with E-state index in [2.05, 4.69) is 10.2 Å². The summed E-state index contributed by atoms with van der Waals surface area (Å²) in [5.74, 6) is 2.20. The number of nitrogens with zero attached hydrogens (tertiary/aromatic N) is 3. The second-order valence-corrected chi connectivity index (χ2v) is 10.4. The first-order valence-corrected chi connectivity index (χ1v) is 12.6. The number of aryl methyl sites for hydroxylation is 3. The third kappa shape index (κ3) is 5.12. The molecule has 4 rings (SSSR count). The first-order chi connectivity index (χ1) is 15.8. The van der Waals surface area contributed by atoms with Gasteiger partial charge in [0, 0.05) is 5.02 Å². The molecule has 2 aromatic carbocycles. The van der Waals surface area contributed by atoms with Gasteiger partial charge < -0.3 is 9.15 Å². The van der Waals surface area contributed by atoms with E-state index >= 15 is 0 Å². The van der Waals surface area contributed by atoms with E-state index in [0.717, 1.165) is 11.1 Å². The molecule has 0 atom stereocenters. The van der Waals surface area contributed by atoms with Crippen LogP contribution in [0.3, 0.4) is 0 Å². The molecule has 0 aliphatic rings. The predicted molar refractivity (Wildman–Crippen MR) is 128 cm³/mol. The van der Waals surface area contributed by atoms with Crippen molar-refractivity contribution in [3.8, 4) is 23.0 Å². The summed E-state index contributed by atoms with van der Waals surface area (Å²) >= 11 is 5.92. The maximum Gasteiger partial charge on any atom is 0.204 e. The van der Waals surface area contributed by atoms with Crippen LogP contribution >= 0.6 is 11.6 Å². The highest BCUT2D eigenvalue weighted by atomic mass is 35.5. The van der Waals surface area contributed by atoms with Crippen molar-refractivity contribution in [1.82, 2.24) is 14.8 Å². The minimum Gasteiger partial charge on any atom is -0.495 e. The summed E-state index contributed by atoms with van der Waals surface area (Å²) in [6.45, 7) is 3.76. The van der Waals surface area contributed by atoms with Crippen molar-refractivity contribution in [2.24, 2.45) is 0 Å². The van der Waals surface area contributed by atoms with Crippen LogP contribution in [0.15, 0.2) is 59.0 Å².